The van der Waals surface area contributed by atoms with Gasteiger partial charge in [-0.1, -0.05) is 43.3 Å². The quantitative estimate of drug-likeness (QED) is 0.534. The van der Waals surface area contributed by atoms with Crippen molar-refractivity contribution in [3.63, 3.8) is 0 Å². The lowest BCUT2D eigenvalue weighted by Crippen LogP contribution is -2.10. The summed E-state index contributed by atoms with van der Waals surface area (Å²) in [6.07, 6.45) is -0.778. The van der Waals surface area contributed by atoms with Crippen LogP contribution in [0.25, 0.3) is 22.5 Å². The number of carboxylic acids is 1. The van der Waals surface area contributed by atoms with Crippen LogP contribution in [0.2, 0.25) is 0 Å². The predicted octanol–water partition coefficient (Wildman–Crippen LogP) is 5.81. The molecular weight excluding hydrogens is 391 g/mol. The summed E-state index contributed by atoms with van der Waals surface area (Å²) in [5.74, 6) is -0.195. The van der Waals surface area contributed by atoms with Crippen molar-refractivity contribution in [3.05, 3.63) is 66.7 Å². The van der Waals surface area contributed by atoms with Gasteiger partial charge in [-0.15, -0.1) is 0 Å². The fraction of sp³-hybridized carbons (Fsp3) is 0.200. The van der Waals surface area contributed by atoms with Gasteiger partial charge in [0.05, 0.1) is 17.0 Å². The number of rotatable bonds is 4. The first-order chi connectivity index (χ1) is 13.2. The molecule has 0 aliphatic carbocycles. The van der Waals surface area contributed by atoms with Gasteiger partial charge >= 0.3 is 12.1 Å². The summed E-state index contributed by atoms with van der Waals surface area (Å²) in [6.45, 7) is 1.78. The van der Waals surface area contributed by atoms with Crippen molar-refractivity contribution in [1.82, 2.24) is 4.98 Å². The SMILES string of the molecule is CCC(S)C(=O)O.FC(F)(F)c1ccc(-c2ccc(-c3cnco3)cc2)cc1. The van der Waals surface area contributed by atoms with Gasteiger partial charge in [-0.3, -0.25) is 4.79 Å². The van der Waals surface area contributed by atoms with Gasteiger partial charge in [-0.25, -0.2) is 4.98 Å². The fourth-order valence-corrected chi connectivity index (χ4v) is 2.21. The number of oxazole rings is 1. The largest absolute Gasteiger partial charge is 0.480 e. The van der Waals surface area contributed by atoms with Gasteiger partial charge in [-0.05, 0) is 29.7 Å². The maximum Gasteiger partial charge on any atom is 0.416 e. The van der Waals surface area contributed by atoms with E-state index >= 15 is 0 Å². The molecule has 1 unspecified atom stereocenters. The summed E-state index contributed by atoms with van der Waals surface area (Å²) in [5.41, 5.74) is 1.78. The first kappa shape index (κ1) is 21.6. The monoisotopic (exact) mass is 409 g/mol. The Balaban J connectivity index is 0.000000345. The minimum Gasteiger partial charge on any atom is -0.480 e. The molecule has 0 bridgehead atoms. The van der Waals surface area contributed by atoms with Crippen LogP contribution in [-0.4, -0.2) is 21.3 Å². The number of nitrogens with zero attached hydrogens (tertiary/aromatic N) is 1. The maximum atomic E-state index is 12.5. The summed E-state index contributed by atoms with van der Waals surface area (Å²) >= 11 is 3.73. The highest BCUT2D eigenvalue weighted by Gasteiger charge is 2.29. The lowest BCUT2D eigenvalue weighted by Gasteiger charge is -2.08. The maximum absolute atomic E-state index is 12.5. The standard InChI is InChI=1S/C16H10F3NO.C4H8O2S/c17-16(18,19)14-7-5-12(6-8-14)11-1-3-13(4-2-11)15-9-20-10-21-15;1-2-3(7)4(5)6/h1-10H;3,7H,2H2,1H3,(H,5,6). The van der Waals surface area contributed by atoms with Crippen molar-refractivity contribution < 1.29 is 27.5 Å². The molecule has 2 aromatic carbocycles. The Bertz CT molecular complexity index is 877. The third kappa shape index (κ3) is 5.88. The van der Waals surface area contributed by atoms with E-state index in [0.29, 0.717) is 12.2 Å². The first-order valence-corrected chi connectivity index (χ1v) is 8.81. The molecule has 1 atom stereocenters. The summed E-state index contributed by atoms with van der Waals surface area (Å²) in [5, 5.41) is 7.62. The lowest BCUT2D eigenvalue weighted by atomic mass is 10.0. The van der Waals surface area contributed by atoms with Crippen LogP contribution in [0.5, 0.6) is 0 Å². The molecular formula is C20H18F3NO3S. The molecule has 3 rings (SSSR count). The van der Waals surface area contributed by atoms with Gasteiger partial charge < -0.3 is 9.52 Å². The number of aliphatic carboxylic acids is 1. The van der Waals surface area contributed by atoms with E-state index in [-0.39, 0.29) is 0 Å². The molecule has 0 saturated carbocycles. The van der Waals surface area contributed by atoms with Gasteiger partial charge in [0.2, 0.25) is 0 Å². The van der Waals surface area contributed by atoms with Gasteiger partial charge in [0.25, 0.3) is 0 Å². The van der Waals surface area contributed by atoms with E-state index in [9.17, 15) is 18.0 Å². The molecule has 0 aliphatic heterocycles. The Morgan fingerprint density at radius 3 is 1.93 bits per heavy atom. The lowest BCUT2D eigenvalue weighted by molar-refractivity contribution is -0.138. The summed E-state index contributed by atoms with van der Waals surface area (Å²) in [4.78, 5) is 13.7. The molecule has 0 spiro atoms. The third-order valence-electron chi connectivity index (χ3n) is 3.82. The van der Waals surface area contributed by atoms with Gasteiger partial charge in [0.1, 0.15) is 0 Å². The van der Waals surface area contributed by atoms with Gasteiger partial charge in [0.15, 0.2) is 12.2 Å². The van der Waals surface area contributed by atoms with Gasteiger partial charge in [-0.2, -0.15) is 25.8 Å². The van der Waals surface area contributed by atoms with Crippen LogP contribution in [0.3, 0.4) is 0 Å². The molecule has 0 saturated heterocycles. The number of alkyl halides is 3. The van der Waals surface area contributed by atoms with E-state index in [1.807, 2.05) is 24.3 Å². The second-order valence-corrected chi connectivity index (χ2v) is 6.40. The average Bonchev–Trinajstić information content (AvgIpc) is 3.22. The highest BCUT2D eigenvalue weighted by molar-refractivity contribution is 7.81. The van der Waals surface area contributed by atoms with E-state index < -0.39 is 23.0 Å². The van der Waals surface area contributed by atoms with E-state index in [1.165, 1.54) is 18.5 Å². The van der Waals surface area contributed by atoms with Crippen molar-refractivity contribution in [2.24, 2.45) is 0 Å². The minimum absolute atomic E-state index is 0.486. The number of benzene rings is 2. The molecule has 148 valence electrons. The highest BCUT2D eigenvalue weighted by atomic mass is 32.1. The van der Waals surface area contributed by atoms with Crippen molar-refractivity contribution >= 4 is 18.6 Å². The van der Waals surface area contributed by atoms with E-state index in [4.69, 9.17) is 9.52 Å². The smallest absolute Gasteiger partial charge is 0.416 e. The van der Waals surface area contributed by atoms with Crippen LogP contribution >= 0.6 is 12.6 Å². The third-order valence-corrected chi connectivity index (χ3v) is 4.41. The molecule has 3 aromatic rings. The van der Waals surface area contributed by atoms with E-state index in [2.05, 4.69) is 17.6 Å². The van der Waals surface area contributed by atoms with Crippen molar-refractivity contribution in [2.45, 2.75) is 24.8 Å². The average molecular weight is 409 g/mol. The molecule has 1 N–H and O–H groups in total. The fourth-order valence-electron chi connectivity index (χ4n) is 2.21. The zero-order valence-corrected chi connectivity index (χ0v) is 15.7. The summed E-state index contributed by atoms with van der Waals surface area (Å²) < 4.78 is 42.7. The number of halogens is 3. The molecule has 0 radical (unpaired) electrons. The molecule has 1 aromatic heterocycles. The summed E-state index contributed by atoms with van der Waals surface area (Å²) in [7, 11) is 0. The van der Waals surface area contributed by atoms with Crippen LogP contribution in [0.4, 0.5) is 13.2 Å². The zero-order valence-electron chi connectivity index (χ0n) is 14.8. The normalized spacial score (nSPS) is 12.0. The minimum atomic E-state index is -4.31. The number of carboxylic acid groups (broad SMARTS) is 1. The summed E-state index contributed by atoms with van der Waals surface area (Å²) in [6, 6.07) is 12.4. The topological polar surface area (TPSA) is 63.3 Å². The number of carbonyl (C=O) groups is 1. The molecule has 8 heteroatoms. The number of hydrogen-bond donors (Lipinski definition) is 2. The zero-order chi connectivity index (χ0) is 20.7. The second-order valence-electron chi connectivity index (χ2n) is 5.78. The van der Waals surface area contributed by atoms with Crippen LogP contribution in [-0.2, 0) is 11.0 Å². The molecule has 0 amide bonds. The molecule has 1 heterocycles. The number of hydrogen-bond acceptors (Lipinski definition) is 4. The Morgan fingerprint density at radius 2 is 1.57 bits per heavy atom. The molecule has 0 aliphatic rings. The van der Waals surface area contributed by atoms with E-state index in [0.717, 1.165) is 28.8 Å². The van der Waals surface area contributed by atoms with Crippen molar-refractivity contribution in [1.29, 1.82) is 0 Å². The Hall–Kier alpha value is -2.74. The van der Waals surface area contributed by atoms with Crippen LogP contribution in [0.15, 0.2) is 65.5 Å². The van der Waals surface area contributed by atoms with Gasteiger partial charge in [0, 0.05) is 5.56 Å². The van der Waals surface area contributed by atoms with Crippen LogP contribution in [0, 0.1) is 0 Å². The van der Waals surface area contributed by atoms with Crippen molar-refractivity contribution in [2.75, 3.05) is 0 Å². The number of thiol groups is 1. The predicted molar refractivity (Wildman–Crippen MR) is 103 cm³/mol. The molecule has 0 fully saturated rings. The second kappa shape index (κ2) is 9.45. The molecule has 28 heavy (non-hydrogen) atoms. The Morgan fingerprint density at radius 1 is 1.07 bits per heavy atom. The van der Waals surface area contributed by atoms with Crippen molar-refractivity contribution in [3.8, 4) is 22.5 Å². The number of aromatic nitrogens is 1. The van der Waals surface area contributed by atoms with E-state index in [1.54, 1.807) is 13.1 Å². The highest BCUT2D eigenvalue weighted by Crippen LogP contribution is 2.31. The Labute approximate surface area is 165 Å². The first-order valence-electron chi connectivity index (χ1n) is 8.29. The van der Waals surface area contributed by atoms with Crippen LogP contribution < -0.4 is 0 Å². The Kier molecular flexibility index (Phi) is 7.28. The van der Waals surface area contributed by atoms with Crippen LogP contribution in [0.1, 0.15) is 18.9 Å². The molecule has 4 nitrogen and oxygen atoms in total.